The number of amides is 1. The molecule has 0 aliphatic heterocycles. The zero-order chi connectivity index (χ0) is 13.7. The Balaban J connectivity index is 2.01. The number of nitrogens with zero attached hydrogens (tertiary/aromatic N) is 1. The Hall–Kier alpha value is -2.07. The third kappa shape index (κ3) is 3.45. The molecule has 0 aliphatic carbocycles. The molecule has 1 aromatic heterocycles. The first kappa shape index (κ1) is 13.4. The molecule has 2 aromatic rings. The van der Waals surface area contributed by atoms with Gasteiger partial charge >= 0.3 is 0 Å². The van der Waals surface area contributed by atoms with E-state index in [0.717, 1.165) is 5.56 Å². The highest BCUT2D eigenvalue weighted by molar-refractivity contribution is 6.31. The second kappa shape index (κ2) is 6.20. The summed E-state index contributed by atoms with van der Waals surface area (Å²) in [7, 11) is 1.58. The summed E-state index contributed by atoms with van der Waals surface area (Å²) in [5.41, 5.74) is 1.35. The number of hydrogen-bond acceptors (Lipinski definition) is 3. The van der Waals surface area contributed by atoms with Crippen LogP contribution in [0.1, 0.15) is 15.9 Å². The average Bonchev–Trinajstić information content (AvgIpc) is 2.46. The van der Waals surface area contributed by atoms with Crippen molar-refractivity contribution >= 4 is 17.5 Å². The molecule has 0 radical (unpaired) electrons. The van der Waals surface area contributed by atoms with E-state index in [0.29, 0.717) is 22.9 Å². The van der Waals surface area contributed by atoms with Gasteiger partial charge in [0.25, 0.3) is 5.91 Å². The number of rotatable bonds is 4. The molecule has 98 valence electrons. The molecule has 4 nitrogen and oxygen atoms in total. The molecule has 5 heteroatoms. The highest BCUT2D eigenvalue weighted by Crippen LogP contribution is 2.22. The fourth-order valence-electron chi connectivity index (χ4n) is 1.57. The number of carbonyl (C=O) groups excluding carboxylic acids is 1. The second-order valence-electron chi connectivity index (χ2n) is 3.88. The third-order valence-corrected chi connectivity index (χ3v) is 2.98. The van der Waals surface area contributed by atoms with E-state index in [9.17, 15) is 4.79 Å². The first-order valence-corrected chi connectivity index (χ1v) is 6.09. The van der Waals surface area contributed by atoms with Crippen LogP contribution in [-0.2, 0) is 6.54 Å². The number of carbonyl (C=O) groups is 1. The molecule has 0 saturated carbocycles. The minimum atomic E-state index is -0.181. The Kier molecular flexibility index (Phi) is 4.36. The summed E-state index contributed by atoms with van der Waals surface area (Å²) in [6.07, 6.45) is 3.14. The van der Waals surface area contributed by atoms with Crippen molar-refractivity contribution in [3.05, 3.63) is 58.9 Å². The van der Waals surface area contributed by atoms with Crippen molar-refractivity contribution in [1.29, 1.82) is 0 Å². The Morgan fingerprint density at radius 2 is 2.26 bits per heavy atom. The smallest absolute Gasteiger partial charge is 0.253 e. The van der Waals surface area contributed by atoms with E-state index in [1.807, 2.05) is 6.07 Å². The van der Waals surface area contributed by atoms with E-state index in [1.165, 1.54) is 6.20 Å². The molecule has 0 spiro atoms. The Bertz CT molecular complexity index is 573. The van der Waals surface area contributed by atoms with E-state index in [2.05, 4.69) is 10.3 Å². The summed E-state index contributed by atoms with van der Waals surface area (Å²) < 4.78 is 5.06. The van der Waals surface area contributed by atoms with Crippen LogP contribution in [0.5, 0.6) is 5.75 Å². The number of pyridine rings is 1. The van der Waals surface area contributed by atoms with Crippen molar-refractivity contribution < 1.29 is 9.53 Å². The number of ether oxygens (including phenoxy) is 1. The Morgan fingerprint density at radius 3 is 2.89 bits per heavy atom. The molecule has 1 aromatic carbocycles. The molecular formula is C14H13ClN2O2. The highest BCUT2D eigenvalue weighted by atomic mass is 35.5. The molecule has 2 rings (SSSR count). The molecule has 1 heterocycles. The van der Waals surface area contributed by atoms with Crippen LogP contribution in [0.2, 0.25) is 5.02 Å². The SMILES string of the molecule is COc1ccc(CNC(=O)c2cccnc2)c(Cl)c1. The number of benzene rings is 1. The zero-order valence-electron chi connectivity index (χ0n) is 10.4. The zero-order valence-corrected chi connectivity index (χ0v) is 11.1. The molecule has 0 saturated heterocycles. The van der Waals surface area contributed by atoms with Crippen molar-refractivity contribution in [2.24, 2.45) is 0 Å². The van der Waals surface area contributed by atoms with E-state index >= 15 is 0 Å². The van der Waals surface area contributed by atoms with Gasteiger partial charge in [-0.25, -0.2) is 0 Å². The molecule has 19 heavy (non-hydrogen) atoms. The van der Waals surface area contributed by atoms with Gasteiger partial charge < -0.3 is 10.1 Å². The summed E-state index contributed by atoms with van der Waals surface area (Å²) in [6, 6.07) is 8.77. The van der Waals surface area contributed by atoms with Crippen molar-refractivity contribution in [1.82, 2.24) is 10.3 Å². The standard InChI is InChI=1S/C14H13ClN2O2/c1-19-12-5-4-10(13(15)7-12)9-17-14(18)11-3-2-6-16-8-11/h2-8H,9H2,1H3,(H,17,18). The van der Waals surface area contributed by atoms with E-state index in [1.54, 1.807) is 37.6 Å². The van der Waals surface area contributed by atoms with Crippen LogP contribution in [0.15, 0.2) is 42.7 Å². The average molecular weight is 277 g/mol. The van der Waals surface area contributed by atoms with Gasteiger partial charge in [-0.2, -0.15) is 0 Å². The second-order valence-corrected chi connectivity index (χ2v) is 4.29. The van der Waals surface area contributed by atoms with Crippen molar-refractivity contribution in [3.8, 4) is 5.75 Å². The van der Waals surface area contributed by atoms with Gasteiger partial charge in [-0.05, 0) is 29.8 Å². The third-order valence-electron chi connectivity index (χ3n) is 2.62. The molecule has 0 atom stereocenters. The predicted octanol–water partition coefficient (Wildman–Crippen LogP) is 2.67. The van der Waals surface area contributed by atoms with Gasteiger partial charge in [-0.1, -0.05) is 17.7 Å². The summed E-state index contributed by atoms with van der Waals surface area (Å²) in [5, 5.41) is 3.35. The van der Waals surface area contributed by atoms with Crippen LogP contribution in [0.4, 0.5) is 0 Å². The molecule has 0 unspecified atom stereocenters. The molecule has 0 fully saturated rings. The number of hydrogen-bond donors (Lipinski definition) is 1. The summed E-state index contributed by atoms with van der Waals surface area (Å²) in [6.45, 7) is 0.358. The van der Waals surface area contributed by atoms with E-state index in [4.69, 9.17) is 16.3 Å². The molecule has 0 bridgehead atoms. The highest BCUT2D eigenvalue weighted by Gasteiger charge is 2.07. The van der Waals surface area contributed by atoms with Gasteiger partial charge in [0.15, 0.2) is 0 Å². The maximum absolute atomic E-state index is 11.8. The lowest BCUT2D eigenvalue weighted by Gasteiger charge is -2.08. The maximum atomic E-state index is 11.8. The fourth-order valence-corrected chi connectivity index (χ4v) is 1.81. The van der Waals surface area contributed by atoms with Crippen molar-refractivity contribution in [3.63, 3.8) is 0 Å². The number of methoxy groups -OCH3 is 1. The van der Waals surface area contributed by atoms with Crippen LogP contribution in [0, 0.1) is 0 Å². The van der Waals surface area contributed by atoms with Gasteiger partial charge in [0.2, 0.25) is 0 Å². The van der Waals surface area contributed by atoms with Gasteiger partial charge in [-0.15, -0.1) is 0 Å². The van der Waals surface area contributed by atoms with Crippen LogP contribution in [-0.4, -0.2) is 18.0 Å². The molecular weight excluding hydrogens is 264 g/mol. The topological polar surface area (TPSA) is 51.2 Å². The maximum Gasteiger partial charge on any atom is 0.253 e. The fraction of sp³-hybridized carbons (Fsp3) is 0.143. The summed E-state index contributed by atoms with van der Waals surface area (Å²) in [4.78, 5) is 15.7. The van der Waals surface area contributed by atoms with Gasteiger partial charge in [0.1, 0.15) is 5.75 Å². The van der Waals surface area contributed by atoms with E-state index < -0.39 is 0 Å². The summed E-state index contributed by atoms with van der Waals surface area (Å²) in [5.74, 6) is 0.507. The summed E-state index contributed by atoms with van der Waals surface area (Å²) >= 11 is 6.09. The quantitative estimate of drug-likeness (QED) is 0.934. The molecule has 1 N–H and O–H groups in total. The minimum absolute atomic E-state index is 0.181. The first-order valence-electron chi connectivity index (χ1n) is 5.71. The van der Waals surface area contributed by atoms with E-state index in [-0.39, 0.29) is 5.91 Å². The predicted molar refractivity (Wildman–Crippen MR) is 73.4 cm³/mol. The minimum Gasteiger partial charge on any atom is -0.497 e. The lowest BCUT2D eigenvalue weighted by molar-refractivity contribution is 0.0950. The Labute approximate surface area is 116 Å². The lowest BCUT2D eigenvalue weighted by Crippen LogP contribution is -2.23. The van der Waals surface area contributed by atoms with Crippen molar-refractivity contribution in [2.45, 2.75) is 6.54 Å². The lowest BCUT2D eigenvalue weighted by atomic mass is 10.2. The van der Waals surface area contributed by atoms with Crippen LogP contribution in [0.25, 0.3) is 0 Å². The Morgan fingerprint density at radius 1 is 1.42 bits per heavy atom. The van der Waals surface area contributed by atoms with Crippen molar-refractivity contribution in [2.75, 3.05) is 7.11 Å². The molecule has 0 aliphatic rings. The first-order chi connectivity index (χ1) is 9.20. The van der Waals surface area contributed by atoms with Gasteiger partial charge in [-0.3, -0.25) is 9.78 Å². The number of aromatic nitrogens is 1. The largest absolute Gasteiger partial charge is 0.497 e. The number of nitrogens with one attached hydrogen (secondary N) is 1. The monoisotopic (exact) mass is 276 g/mol. The van der Waals surface area contributed by atoms with Crippen LogP contribution >= 0.6 is 11.6 Å². The van der Waals surface area contributed by atoms with Crippen LogP contribution < -0.4 is 10.1 Å². The number of halogens is 1. The molecule has 1 amide bonds. The van der Waals surface area contributed by atoms with Gasteiger partial charge in [0.05, 0.1) is 12.7 Å². The normalized spacial score (nSPS) is 10.0. The van der Waals surface area contributed by atoms with Gasteiger partial charge in [0, 0.05) is 24.0 Å². The van der Waals surface area contributed by atoms with Crippen LogP contribution in [0.3, 0.4) is 0 Å².